The third kappa shape index (κ3) is 17.9. The maximum atomic E-state index is 13.4. The summed E-state index contributed by atoms with van der Waals surface area (Å²) >= 11 is 5.63. The van der Waals surface area contributed by atoms with E-state index in [2.05, 4.69) is 32.8 Å². The van der Waals surface area contributed by atoms with Crippen molar-refractivity contribution in [3.63, 3.8) is 0 Å². The number of hydrogen-bond acceptors (Lipinski definition) is 9. The van der Waals surface area contributed by atoms with Gasteiger partial charge in [0.25, 0.3) is 0 Å². The van der Waals surface area contributed by atoms with Gasteiger partial charge in [0.05, 0.1) is 6.42 Å². The predicted molar refractivity (Wildman–Crippen MR) is 175 cm³/mol. The minimum atomic E-state index is -1.59. The summed E-state index contributed by atoms with van der Waals surface area (Å²) in [6, 6.07) is -5.49. The molecule has 4 atom stereocenters. The van der Waals surface area contributed by atoms with E-state index >= 15 is 0 Å². The lowest BCUT2D eigenvalue weighted by Gasteiger charge is -2.28. The van der Waals surface area contributed by atoms with Gasteiger partial charge in [-0.2, -0.15) is 0 Å². The van der Waals surface area contributed by atoms with Gasteiger partial charge in [-0.15, -0.1) is 0 Å². The lowest BCUT2D eigenvalue weighted by atomic mass is 9.84. The molecule has 13 N–H and O–H groups in total. The number of carboxylic acid groups (broad SMARTS) is 1. The van der Waals surface area contributed by atoms with E-state index < -0.39 is 85.0 Å². The summed E-state index contributed by atoms with van der Waals surface area (Å²) in [6.45, 7) is 3.28. The summed E-state index contributed by atoms with van der Waals surface area (Å²) < 4.78 is 4.89. The van der Waals surface area contributed by atoms with E-state index in [-0.39, 0.29) is 42.9 Å². The van der Waals surface area contributed by atoms with Crippen molar-refractivity contribution in [2.24, 2.45) is 33.8 Å². The Morgan fingerprint density at radius 1 is 0.812 bits per heavy atom. The monoisotopic (exact) mass is 701 g/mol. The molecule has 0 aromatic carbocycles. The van der Waals surface area contributed by atoms with Crippen molar-refractivity contribution in [3.05, 3.63) is 11.6 Å². The zero-order chi connectivity index (χ0) is 36.2. The van der Waals surface area contributed by atoms with Crippen molar-refractivity contribution in [2.75, 3.05) is 13.2 Å². The molecular formula is C29H48ClN9O9. The largest absolute Gasteiger partial charge is 0.481 e. The Morgan fingerprint density at radius 3 is 1.92 bits per heavy atom. The summed E-state index contributed by atoms with van der Waals surface area (Å²) in [5.41, 5.74) is 21.5. The number of carbonyl (C=O) groups excluding carboxylic acids is 6. The van der Waals surface area contributed by atoms with E-state index in [9.17, 15) is 38.7 Å². The molecule has 1 aliphatic carbocycles. The topological polar surface area (TPSA) is 314 Å². The summed E-state index contributed by atoms with van der Waals surface area (Å²) in [5, 5.41) is 18.8. The van der Waals surface area contributed by atoms with Crippen LogP contribution in [0.25, 0.3) is 0 Å². The van der Waals surface area contributed by atoms with Crippen LogP contribution in [0, 0.1) is 5.92 Å². The highest BCUT2D eigenvalue weighted by Gasteiger charge is 2.33. The van der Waals surface area contributed by atoms with E-state index in [1.165, 1.54) is 0 Å². The molecule has 1 aliphatic rings. The molecule has 6 amide bonds. The number of nitrogens with zero attached hydrogens (tertiary/aromatic N) is 1. The number of halogens is 1. The molecule has 0 unspecified atom stereocenters. The number of carbonyl (C=O) groups is 7. The number of nitrogens with two attached hydrogens (primary N) is 4. The summed E-state index contributed by atoms with van der Waals surface area (Å²) in [7, 11) is 0. The van der Waals surface area contributed by atoms with Crippen LogP contribution in [-0.4, -0.2) is 90.0 Å². The van der Waals surface area contributed by atoms with E-state index in [4.69, 9.17) is 39.3 Å². The molecule has 270 valence electrons. The Kier molecular flexibility index (Phi) is 19.0. The molecule has 1 rings (SSSR count). The zero-order valence-corrected chi connectivity index (χ0v) is 27.6. The molecule has 0 saturated heterocycles. The number of guanidine groups is 1. The second-order valence-corrected chi connectivity index (χ2v) is 12.1. The van der Waals surface area contributed by atoms with Crippen molar-refractivity contribution < 1.29 is 43.4 Å². The molecule has 0 heterocycles. The Bertz CT molecular complexity index is 1190. The summed E-state index contributed by atoms with van der Waals surface area (Å²) in [4.78, 5) is 91.4. The average molecular weight is 702 g/mol. The second kappa shape index (κ2) is 22.0. The number of primary amides is 2. The van der Waals surface area contributed by atoms with Crippen molar-refractivity contribution in [1.29, 1.82) is 0 Å². The van der Waals surface area contributed by atoms with Gasteiger partial charge in [-0.05, 0) is 38.0 Å². The number of hydrogen-bond donors (Lipinski definition) is 9. The Morgan fingerprint density at radius 2 is 1.38 bits per heavy atom. The molecular weight excluding hydrogens is 654 g/mol. The van der Waals surface area contributed by atoms with Crippen molar-refractivity contribution >= 4 is 59.2 Å². The third-order valence-corrected chi connectivity index (χ3v) is 7.54. The van der Waals surface area contributed by atoms with Crippen LogP contribution in [0.5, 0.6) is 0 Å². The van der Waals surface area contributed by atoms with Crippen molar-refractivity contribution in [1.82, 2.24) is 21.3 Å². The molecule has 19 heteroatoms. The third-order valence-electron chi connectivity index (χ3n) is 7.44. The van der Waals surface area contributed by atoms with E-state index in [0.29, 0.717) is 12.8 Å². The van der Waals surface area contributed by atoms with Crippen LogP contribution in [0.4, 0.5) is 4.79 Å². The number of aliphatic carboxylic acids is 1. The van der Waals surface area contributed by atoms with Crippen molar-refractivity contribution in [2.45, 2.75) is 101 Å². The molecule has 0 spiro atoms. The van der Waals surface area contributed by atoms with Gasteiger partial charge in [0, 0.05) is 18.0 Å². The number of carboxylic acids is 1. The van der Waals surface area contributed by atoms with Crippen LogP contribution in [0.1, 0.15) is 77.0 Å². The maximum Gasteiger partial charge on any atom is 0.408 e. The SMILES string of the molecule is C=C(Cl)COC(=O)N[C@@H](CCCCN=C(N)N)C(=O)N[C@@H](CCC(=O)O)C(=O)N[C@@H](CC(N)=O)C(=O)N[C@@H](CC1CCCCC1)C(N)=O. The van der Waals surface area contributed by atoms with Gasteiger partial charge in [-0.25, -0.2) is 4.79 Å². The quantitative estimate of drug-likeness (QED) is 0.0372. The molecule has 1 saturated carbocycles. The minimum Gasteiger partial charge on any atom is -0.481 e. The molecule has 18 nitrogen and oxygen atoms in total. The number of amides is 6. The highest BCUT2D eigenvalue weighted by atomic mass is 35.5. The number of aliphatic imine (C=N–C) groups is 1. The lowest BCUT2D eigenvalue weighted by Crippen LogP contribution is -2.58. The van der Waals surface area contributed by atoms with Crippen LogP contribution in [0.2, 0.25) is 0 Å². The fourth-order valence-corrected chi connectivity index (χ4v) is 5.09. The minimum absolute atomic E-state index is 0.0134. The first kappa shape index (κ1) is 41.4. The van der Waals surface area contributed by atoms with Gasteiger partial charge in [0.1, 0.15) is 30.8 Å². The van der Waals surface area contributed by atoms with E-state index in [0.717, 1.165) is 32.1 Å². The van der Waals surface area contributed by atoms with E-state index in [1.807, 2.05) is 0 Å². The Hall–Kier alpha value is -4.61. The van der Waals surface area contributed by atoms with Gasteiger partial charge in [-0.3, -0.25) is 33.8 Å². The Balaban J connectivity index is 3.13. The number of alkyl carbamates (subject to hydrolysis) is 1. The highest BCUT2D eigenvalue weighted by molar-refractivity contribution is 6.29. The number of nitrogens with one attached hydrogen (secondary N) is 4. The van der Waals surface area contributed by atoms with Crippen LogP contribution < -0.4 is 44.2 Å². The highest BCUT2D eigenvalue weighted by Crippen LogP contribution is 2.27. The molecule has 48 heavy (non-hydrogen) atoms. The zero-order valence-electron chi connectivity index (χ0n) is 26.8. The van der Waals surface area contributed by atoms with E-state index in [1.54, 1.807) is 0 Å². The fourth-order valence-electron chi connectivity index (χ4n) is 5.03. The molecule has 0 radical (unpaired) electrons. The average Bonchev–Trinajstić information content (AvgIpc) is 3.00. The van der Waals surface area contributed by atoms with Crippen molar-refractivity contribution in [3.8, 4) is 0 Å². The predicted octanol–water partition coefficient (Wildman–Crippen LogP) is -1.07. The maximum absolute atomic E-state index is 13.4. The van der Waals surface area contributed by atoms with Crippen LogP contribution in [0.3, 0.4) is 0 Å². The first-order valence-electron chi connectivity index (χ1n) is 15.6. The van der Waals surface area contributed by atoms with Gasteiger partial charge < -0.3 is 54.0 Å². The summed E-state index contributed by atoms with van der Waals surface area (Å²) in [5.74, 6) is -5.87. The van der Waals surface area contributed by atoms with Gasteiger partial charge in [0.15, 0.2) is 5.96 Å². The van der Waals surface area contributed by atoms with Crippen LogP contribution in [0.15, 0.2) is 16.6 Å². The fraction of sp³-hybridized carbons (Fsp3) is 0.655. The van der Waals surface area contributed by atoms with Crippen LogP contribution >= 0.6 is 11.6 Å². The molecule has 1 fully saturated rings. The molecule has 0 aromatic rings. The number of ether oxygens (including phenoxy) is 1. The standard InChI is InChI=1S/C29H48ClN9O9/c1-16(30)15-48-29(47)39-18(9-5-6-12-35-28(33)34)25(44)36-19(10-11-23(41)42)26(45)38-21(14-22(31)40)27(46)37-20(24(32)43)13-17-7-3-2-4-8-17/h17-21H,1-15H2,(H2,31,40)(H2,32,43)(H,36,44)(H,37,46)(H,38,45)(H,39,47)(H,41,42)(H4,33,34,35)/t18-,19-,20-,21-/m0/s1. The first-order valence-corrected chi connectivity index (χ1v) is 16.0. The Labute approximate surface area is 283 Å². The lowest BCUT2D eigenvalue weighted by molar-refractivity contribution is -0.138. The smallest absolute Gasteiger partial charge is 0.408 e. The number of rotatable bonds is 22. The molecule has 0 aliphatic heterocycles. The normalized spacial score (nSPS) is 15.4. The first-order chi connectivity index (χ1) is 22.6. The van der Waals surface area contributed by atoms with Gasteiger partial charge >= 0.3 is 12.1 Å². The summed E-state index contributed by atoms with van der Waals surface area (Å²) in [6.07, 6.45) is 3.07. The van der Waals surface area contributed by atoms with Gasteiger partial charge in [0.2, 0.25) is 29.5 Å². The second-order valence-electron chi connectivity index (χ2n) is 11.5. The molecule has 0 bridgehead atoms. The molecule has 0 aromatic heterocycles. The van der Waals surface area contributed by atoms with Gasteiger partial charge in [-0.1, -0.05) is 50.3 Å². The van der Waals surface area contributed by atoms with Crippen LogP contribution in [-0.2, 0) is 33.5 Å². The number of unbranched alkanes of at least 4 members (excludes halogenated alkanes) is 1.